The highest BCUT2D eigenvalue weighted by Gasteiger charge is 2.20. The molecule has 0 N–H and O–H groups in total. The van der Waals surface area contributed by atoms with E-state index in [2.05, 4.69) is 88.0 Å². The maximum absolute atomic E-state index is 14.7. The molecule has 0 amide bonds. The van der Waals surface area contributed by atoms with Crippen LogP contribution in [0.25, 0.3) is 78.0 Å². The first-order valence-corrected chi connectivity index (χ1v) is 15.3. The number of nitrogens with zero attached hydrogens (tertiary/aromatic N) is 5. The van der Waals surface area contributed by atoms with Gasteiger partial charge in [0.2, 0.25) is 5.95 Å². The largest absolute Gasteiger partial charge is 0.309 e. The van der Waals surface area contributed by atoms with E-state index in [0.717, 1.165) is 44.1 Å². The Labute approximate surface area is 267 Å². The summed E-state index contributed by atoms with van der Waals surface area (Å²) in [6.45, 7) is 0. The average molecular weight is 616 g/mol. The van der Waals surface area contributed by atoms with E-state index < -0.39 is 5.82 Å². The van der Waals surface area contributed by atoms with E-state index in [1.54, 1.807) is 12.1 Å². The summed E-state index contributed by atoms with van der Waals surface area (Å²) in [4.78, 5) is 14.7. The number of fused-ring (bicyclic) bond motifs is 6. The monoisotopic (exact) mass is 615 g/mol. The van der Waals surface area contributed by atoms with Crippen molar-refractivity contribution in [3.05, 3.63) is 150 Å². The zero-order chi connectivity index (χ0) is 30.8. The molecule has 3 aromatic heterocycles. The summed E-state index contributed by atoms with van der Waals surface area (Å²) in [7, 11) is 0. The van der Waals surface area contributed by atoms with Gasteiger partial charge in [-0.15, -0.1) is 0 Å². The Kier molecular flexibility index (Phi) is 5.98. The molecule has 0 aliphatic heterocycles. The number of halogens is 2. The van der Waals surface area contributed by atoms with Crippen molar-refractivity contribution in [3.63, 3.8) is 0 Å². The van der Waals surface area contributed by atoms with Crippen molar-refractivity contribution in [1.29, 1.82) is 0 Å². The van der Waals surface area contributed by atoms with Crippen LogP contribution in [0.15, 0.2) is 140 Å². The molecular weight excluding hydrogens is 593 g/mol. The molecule has 0 aliphatic carbocycles. The summed E-state index contributed by atoms with van der Waals surface area (Å²) in [6, 6.07) is 46.1. The summed E-state index contributed by atoms with van der Waals surface area (Å²) in [5.74, 6) is 0.632. The third-order valence-corrected chi connectivity index (χ3v) is 8.93. The molecule has 5 nitrogen and oxygen atoms in total. The first-order valence-electron chi connectivity index (χ1n) is 14.9. The smallest absolute Gasteiger partial charge is 0.238 e. The molecular formula is C39H23ClFN5. The number of aromatic nitrogens is 5. The zero-order valence-electron chi connectivity index (χ0n) is 24.3. The van der Waals surface area contributed by atoms with E-state index in [1.807, 2.05) is 42.5 Å². The summed E-state index contributed by atoms with van der Waals surface area (Å²) in [6.07, 6.45) is 0. The van der Waals surface area contributed by atoms with Gasteiger partial charge in [0.05, 0.1) is 27.1 Å². The summed E-state index contributed by atoms with van der Waals surface area (Å²) >= 11 is 6.48. The third kappa shape index (κ3) is 4.04. The second-order valence-corrected chi connectivity index (χ2v) is 11.6. The van der Waals surface area contributed by atoms with E-state index in [0.29, 0.717) is 17.3 Å². The van der Waals surface area contributed by atoms with Crippen molar-refractivity contribution in [2.75, 3.05) is 0 Å². The van der Waals surface area contributed by atoms with Crippen LogP contribution in [-0.4, -0.2) is 24.1 Å². The van der Waals surface area contributed by atoms with E-state index in [-0.39, 0.29) is 10.8 Å². The molecule has 0 bridgehead atoms. The molecule has 0 fully saturated rings. The van der Waals surface area contributed by atoms with Crippen LogP contribution in [0.5, 0.6) is 0 Å². The van der Waals surface area contributed by atoms with Gasteiger partial charge in [-0.2, -0.15) is 9.97 Å². The molecule has 3 heterocycles. The van der Waals surface area contributed by atoms with Gasteiger partial charge in [-0.25, -0.2) is 9.37 Å². The Balaban J connectivity index is 1.37. The van der Waals surface area contributed by atoms with Gasteiger partial charge < -0.3 is 4.57 Å². The van der Waals surface area contributed by atoms with Crippen molar-refractivity contribution in [2.45, 2.75) is 0 Å². The van der Waals surface area contributed by atoms with Gasteiger partial charge in [0.1, 0.15) is 5.82 Å². The Bertz CT molecular complexity index is 2570. The number of hydrogen-bond acceptors (Lipinski definition) is 3. The van der Waals surface area contributed by atoms with Crippen LogP contribution in [0.4, 0.5) is 4.39 Å². The van der Waals surface area contributed by atoms with Gasteiger partial charge in [-0.3, -0.25) is 4.57 Å². The molecule has 0 atom stereocenters. The standard InChI is InChI=1S/C39H23ClFN5/c40-36-30(16-10-17-31(36)41)38-42-37(24-11-2-1-3-12-24)43-39(44-38)46-34-20-9-6-15-28(34)29-22-21-25(23-35(29)46)45-32-18-7-4-13-26(32)27-14-5-8-19-33(27)45/h1-23H. The fourth-order valence-corrected chi connectivity index (χ4v) is 6.70. The number of hydrogen-bond donors (Lipinski definition) is 0. The fraction of sp³-hybridized carbons (Fsp3) is 0. The lowest BCUT2D eigenvalue weighted by Crippen LogP contribution is -2.07. The molecule has 9 aromatic rings. The van der Waals surface area contributed by atoms with Gasteiger partial charge in [-0.1, -0.05) is 109 Å². The molecule has 6 aromatic carbocycles. The van der Waals surface area contributed by atoms with Crippen molar-refractivity contribution in [2.24, 2.45) is 0 Å². The van der Waals surface area contributed by atoms with Gasteiger partial charge in [0.25, 0.3) is 0 Å². The molecule has 46 heavy (non-hydrogen) atoms. The molecule has 9 rings (SSSR count). The maximum Gasteiger partial charge on any atom is 0.238 e. The minimum Gasteiger partial charge on any atom is -0.309 e. The normalized spacial score (nSPS) is 11.7. The maximum atomic E-state index is 14.7. The van der Waals surface area contributed by atoms with Gasteiger partial charge in [0.15, 0.2) is 11.6 Å². The Morgan fingerprint density at radius 2 is 1.04 bits per heavy atom. The van der Waals surface area contributed by atoms with Crippen molar-refractivity contribution in [3.8, 4) is 34.4 Å². The van der Waals surface area contributed by atoms with Crippen LogP contribution in [0.2, 0.25) is 5.02 Å². The minimum atomic E-state index is -0.532. The lowest BCUT2D eigenvalue weighted by atomic mass is 10.1. The predicted octanol–water partition coefficient (Wildman–Crippen LogP) is 10.2. The second-order valence-electron chi connectivity index (χ2n) is 11.2. The number of benzene rings is 6. The van der Waals surface area contributed by atoms with Crippen LogP contribution >= 0.6 is 11.6 Å². The molecule has 0 saturated heterocycles. The Hall–Kier alpha value is -5.85. The van der Waals surface area contributed by atoms with E-state index in [1.165, 1.54) is 16.8 Å². The lowest BCUT2D eigenvalue weighted by Gasteiger charge is -2.13. The predicted molar refractivity (Wildman–Crippen MR) is 184 cm³/mol. The summed E-state index contributed by atoms with van der Waals surface area (Å²) in [5.41, 5.74) is 6.35. The van der Waals surface area contributed by atoms with Crippen LogP contribution in [0.1, 0.15) is 0 Å². The van der Waals surface area contributed by atoms with Crippen molar-refractivity contribution in [1.82, 2.24) is 24.1 Å². The van der Waals surface area contributed by atoms with Gasteiger partial charge in [0, 0.05) is 38.4 Å². The first-order chi connectivity index (χ1) is 22.7. The fourth-order valence-electron chi connectivity index (χ4n) is 6.49. The van der Waals surface area contributed by atoms with Crippen molar-refractivity contribution >= 4 is 55.2 Å². The molecule has 7 heteroatoms. The molecule has 0 spiro atoms. The van der Waals surface area contributed by atoms with Crippen LogP contribution in [0, 0.1) is 5.82 Å². The second kappa shape index (κ2) is 10.4. The Morgan fingerprint density at radius 1 is 0.478 bits per heavy atom. The average Bonchev–Trinajstić information content (AvgIpc) is 3.62. The van der Waals surface area contributed by atoms with Crippen LogP contribution < -0.4 is 0 Å². The van der Waals surface area contributed by atoms with E-state index in [9.17, 15) is 4.39 Å². The number of para-hydroxylation sites is 3. The SMILES string of the molecule is Fc1cccc(-c2nc(-c3ccccc3)nc(-n3c4ccccc4c4ccc(-n5c6ccccc6c6ccccc65)cc43)n2)c1Cl. The first kappa shape index (κ1) is 26.5. The summed E-state index contributed by atoms with van der Waals surface area (Å²) < 4.78 is 19.0. The third-order valence-electron chi connectivity index (χ3n) is 8.54. The van der Waals surface area contributed by atoms with Crippen LogP contribution in [-0.2, 0) is 0 Å². The molecule has 0 saturated carbocycles. The highest BCUT2D eigenvalue weighted by Crippen LogP contribution is 2.37. The quantitative estimate of drug-likeness (QED) is 0.198. The van der Waals surface area contributed by atoms with Crippen LogP contribution in [0.3, 0.4) is 0 Å². The zero-order valence-corrected chi connectivity index (χ0v) is 25.0. The Morgan fingerprint density at radius 3 is 1.72 bits per heavy atom. The molecule has 0 radical (unpaired) electrons. The van der Waals surface area contributed by atoms with E-state index in [4.69, 9.17) is 26.6 Å². The van der Waals surface area contributed by atoms with Gasteiger partial charge >= 0.3 is 0 Å². The molecule has 0 unspecified atom stereocenters. The topological polar surface area (TPSA) is 48.5 Å². The molecule has 218 valence electrons. The summed E-state index contributed by atoms with van der Waals surface area (Å²) in [5, 5.41) is 4.49. The highest BCUT2D eigenvalue weighted by atomic mass is 35.5. The van der Waals surface area contributed by atoms with E-state index >= 15 is 0 Å². The highest BCUT2D eigenvalue weighted by molar-refractivity contribution is 6.33. The number of rotatable bonds is 4. The van der Waals surface area contributed by atoms with Crippen molar-refractivity contribution < 1.29 is 4.39 Å². The lowest BCUT2D eigenvalue weighted by molar-refractivity contribution is 0.628. The minimum absolute atomic E-state index is 0.0328. The molecule has 0 aliphatic rings. The van der Waals surface area contributed by atoms with Gasteiger partial charge in [-0.05, 0) is 42.5 Å².